The van der Waals surface area contributed by atoms with Gasteiger partial charge in [-0.1, -0.05) is 45.4 Å². The summed E-state index contributed by atoms with van der Waals surface area (Å²) in [5.74, 6) is 0.737. The largest absolute Gasteiger partial charge is 0.343 e. The molecule has 19 heavy (non-hydrogen) atoms. The van der Waals surface area contributed by atoms with Gasteiger partial charge in [0.2, 0.25) is 0 Å². The second-order valence-electron chi connectivity index (χ2n) is 5.48. The molecule has 1 atom stereocenters. The van der Waals surface area contributed by atoms with Crippen molar-refractivity contribution >= 4 is 10.9 Å². The standard InChI is InChI=1S/C17H26N2/c1-4-8-14(3)13-19-16(12-18-5-2)11-15-9-6-7-10-17(15)19/h6-7,9-11,14,18H,4-5,8,12-13H2,1-3H3. The van der Waals surface area contributed by atoms with Gasteiger partial charge in [-0.25, -0.2) is 0 Å². The third kappa shape index (κ3) is 3.38. The van der Waals surface area contributed by atoms with Crippen molar-refractivity contribution in [2.75, 3.05) is 6.54 Å². The van der Waals surface area contributed by atoms with Crippen LogP contribution in [0.5, 0.6) is 0 Å². The molecule has 0 aliphatic carbocycles. The third-order valence-electron chi connectivity index (χ3n) is 3.73. The molecule has 0 saturated heterocycles. The van der Waals surface area contributed by atoms with Gasteiger partial charge in [0.05, 0.1) is 0 Å². The van der Waals surface area contributed by atoms with Gasteiger partial charge in [-0.3, -0.25) is 0 Å². The Labute approximate surface area is 116 Å². The highest BCUT2D eigenvalue weighted by Crippen LogP contribution is 2.22. The SMILES string of the molecule is CCCC(C)Cn1c(CNCC)cc2ccccc21. The Bertz CT molecular complexity index is 513. The van der Waals surface area contributed by atoms with Gasteiger partial charge in [-0.2, -0.15) is 0 Å². The van der Waals surface area contributed by atoms with Crippen molar-refractivity contribution in [2.45, 2.75) is 46.7 Å². The zero-order valence-corrected chi connectivity index (χ0v) is 12.4. The maximum Gasteiger partial charge on any atom is 0.0483 e. The Kier molecular flexibility index (Phi) is 5.03. The predicted octanol–water partition coefficient (Wildman–Crippen LogP) is 4.19. The van der Waals surface area contributed by atoms with E-state index in [1.807, 2.05) is 0 Å². The lowest BCUT2D eigenvalue weighted by Crippen LogP contribution is -2.17. The van der Waals surface area contributed by atoms with Gasteiger partial charge >= 0.3 is 0 Å². The molecule has 1 N–H and O–H groups in total. The molecule has 0 fully saturated rings. The van der Waals surface area contributed by atoms with E-state index in [9.17, 15) is 0 Å². The van der Waals surface area contributed by atoms with Crippen LogP contribution < -0.4 is 5.32 Å². The van der Waals surface area contributed by atoms with Gasteiger partial charge in [0.1, 0.15) is 0 Å². The fourth-order valence-corrected chi connectivity index (χ4v) is 2.78. The van der Waals surface area contributed by atoms with E-state index in [0.29, 0.717) is 0 Å². The van der Waals surface area contributed by atoms with Crippen LogP contribution in [0, 0.1) is 5.92 Å². The summed E-state index contributed by atoms with van der Waals surface area (Å²) in [6.45, 7) is 9.89. The molecule has 0 saturated carbocycles. The topological polar surface area (TPSA) is 17.0 Å². The normalized spacial score (nSPS) is 13.0. The van der Waals surface area contributed by atoms with Gasteiger partial charge in [0, 0.05) is 24.3 Å². The van der Waals surface area contributed by atoms with E-state index in [1.54, 1.807) is 0 Å². The molecular weight excluding hydrogens is 232 g/mol. The molecule has 2 aromatic rings. The number of nitrogens with zero attached hydrogens (tertiary/aromatic N) is 1. The molecule has 0 radical (unpaired) electrons. The minimum atomic E-state index is 0.737. The first-order valence-corrected chi connectivity index (χ1v) is 7.54. The summed E-state index contributed by atoms with van der Waals surface area (Å²) in [6.07, 6.45) is 2.57. The van der Waals surface area contributed by atoms with Gasteiger partial charge in [-0.05, 0) is 36.4 Å². The Morgan fingerprint density at radius 1 is 1.21 bits per heavy atom. The minimum absolute atomic E-state index is 0.737. The molecule has 104 valence electrons. The highest BCUT2D eigenvalue weighted by atomic mass is 15.0. The summed E-state index contributed by atoms with van der Waals surface area (Å²) in [5.41, 5.74) is 2.78. The van der Waals surface area contributed by atoms with Gasteiger partial charge < -0.3 is 9.88 Å². The van der Waals surface area contributed by atoms with E-state index >= 15 is 0 Å². The van der Waals surface area contributed by atoms with Crippen molar-refractivity contribution in [1.29, 1.82) is 0 Å². The van der Waals surface area contributed by atoms with E-state index < -0.39 is 0 Å². The zero-order chi connectivity index (χ0) is 13.7. The number of nitrogens with one attached hydrogen (secondary N) is 1. The summed E-state index contributed by atoms with van der Waals surface area (Å²) >= 11 is 0. The lowest BCUT2D eigenvalue weighted by Gasteiger charge is -2.16. The number of rotatable bonds is 7. The van der Waals surface area contributed by atoms with Crippen molar-refractivity contribution in [2.24, 2.45) is 5.92 Å². The number of para-hydroxylation sites is 1. The monoisotopic (exact) mass is 258 g/mol. The van der Waals surface area contributed by atoms with Crippen LogP contribution in [0.4, 0.5) is 0 Å². The lowest BCUT2D eigenvalue weighted by atomic mass is 10.1. The smallest absolute Gasteiger partial charge is 0.0483 e. The number of benzene rings is 1. The van der Waals surface area contributed by atoms with Crippen LogP contribution in [0.3, 0.4) is 0 Å². The van der Waals surface area contributed by atoms with E-state index in [4.69, 9.17) is 0 Å². The summed E-state index contributed by atoms with van der Waals surface area (Å²) in [5, 5.41) is 4.81. The maximum atomic E-state index is 3.45. The second kappa shape index (κ2) is 6.76. The number of aromatic nitrogens is 1. The van der Waals surface area contributed by atoms with Crippen molar-refractivity contribution in [3.63, 3.8) is 0 Å². The van der Waals surface area contributed by atoms with Gasteiger partial charge in [-0.15, -0.1) is 0 Å². The molecule has 1 aromatic heterocycles. The molecule has 2 nitrogen and oxygen atoms in total. The number of hydrogen-bond acceptors (Lipinski definition) is 1. The van der Waals surface area contributed by atoms with E-state index in [0.717, 1.165) is 25.6 Å². The average Bonchev–Trinajstić information content (AvgIpc) is 2.75. The molecule has 0 spiro atoms. The first-order valence-electron chi connectivity index (χ1n) is 7.54. The fourth-order valence-electron chi connectivity index (χ4n) is 2.78. The van der Waals surface area contributed by atoms with Gasteiger partial charge in [0.15, 0.2) is 0 Å². The quantitative estimate of drug-likeness (QED) is 0.788. The van der Waals surface area contributed by atoms with Crippen molar-refractivity contribution in [3.05, 3.63) is 36.0 Å². The Balaban J connectivity index is 2.30. The summed E-state index contributed by atoms with van der Waals surface area (Å²) in [4.78, 5) is 0. The Hall–Kier alpha value is -1.28. The first kappa shape index (κ1) is 14.1. The summed E-state index contributed by atoms with van der Waals surface area (Å²) in [6, 6.07) is 11.0. The van der Waals surface area contributed by atoms with Gasteiger partial charge in [0.25, 0.3) is 0 Å². The van der Waals surface area contributed by atoms with Crippen LogP contribution in [0.1, 0.15) is 39.3 Å². The van der Waals surface area contributed by atoms with E-state index in [-0.39, 0.29) is 0 Å². The molecular formula is C17H26N2. The molecule has 1 unspecified atom stereocenters. The molecule has 0 amide bonds. The molecule has 0 aliphatic rings. The molecule has 1 heterocycles. The molecule has 2 heteroatoms. The van der Waals surface area contributed by atoms with E-state index in [2.05, 4.69) is 61.0 Å². The molecule has 2 rings (SSSR count). The molecule has 0 aliphatic heterocycles. The van der Waals surface area contributed by atoms with Crippen LogP contribution in [0.2, 0.25) is 0 Å². The van der Waals surface area contributed by atoms with Crippen LogP contribution >= 0.6 is 0 Å². The highest BCUT2D eigenvalue weighted by molar-refractivity contribution is 5.81. The second-order valence-corrected chi connectivity index (χ2v) is 5.48. The fraction of sp³-hybridized carbons (Fsp3) is 0.529. The first-order chi connectivity index (χ1) is 9.26. The van der Waals surface area contributed by atoms with E-state index in [1.165, 1.54) is 29.4 Å². The molecule has 1 aromatic carbocycles. The van der Waals surface area contributed by atoms with Crippen molar-refractivity contribution in [3.8, 4) is 0 Å². The Morgan fingerprint density at radius 2 is 2.00 bits per heavy atom. The predicted molar refractivity (Wildman–Crippen MR) is 83.4 cm³/mol. The van der Waals surface area contributed by atoms with Crippen molar-refractivity contribution in [1.82, 2.24) is 9.88 Å². The summed E-state index contributed by atoms with van der Waals surface area (Å²) in [7, 11) is 0. The zero-order valence-electron chi connectivity index (χ0n) is 12.4. The Morgan fingerprint density at radius 3 is 2.74 bits per heavy atom. The van der Waals surface area contributed by atoms with Crippen LogP contribution in [-0.2, 0) is 13.1 Å². The average molecular weight is 258 g/mol. The number of hydrogen-bond donors (Lipinski definition) is 1. The van der Waals surface area contributed by atoms with Crippen LogP contribution in [0.25, 0.3) is 10.9 Å². The van der Waals surface area contributed by atoms with Crippen molar-refractivity contribution < 1.29 is 0 Å². The van der Waals surface area contributed by atoms with Crippen LogP contribution in [0.15, 0.2) is 30.3 Å². The minimum Gasteiger partial charge on any atom is -0.343 e. The maximum absolute atomic E-state index is 3.45. The third-order valence-corrected chi connectivity index (χ3v) is 3.73. The van der Waals surface area contributed by atoms with Crippen LogP contribution in [-0.4, -0.2) is 11.1 Å². The lowest BCUT2D eigenvalue weighted by molar-refractivity contribution is 0.443. The summed E-state index contributed by atoms with van der Waals surface area (Å²) < 4.78 is 2.50. The number of fused-ring (bicyclic) bond motifs is 1. The molecule has 0 bridgehead atoms. The highest BCUT2D eigenvalue weighted by Gasteiger charge is 2.10.